The Morgan fingerprint density at radius 2 is 2.50 bits per heavy atom. The van der Waals surface area contributed by atoms with E-state index in [1.54, 1.807) is 31.5 Å². The second-order valence-electron chi connectivity index (χ2n) is 2.67. The summed E-state index contributed by atoms with van der Waals surface area (Å²) in [6.07, 6.45) is 5.31. The van der Waals surface area contributed by atoms with E-state index < -0.39 is 0 Å². The highest BCUT2D eigenvalue weighted by Crippen LogP contribution is 2.15. The van der Waals surface area contributed by atoms with Crippen LogP contribution in [0.3, 0.4) is 0 Å². The van der Waals surface area contributed by atoms with Crippen LogP contribution < -0.4 is 10.5 Å². The van der Waals surface area contributed by atoms with Crippen LogP contribution in [-0.4, -0.2) is 18.0 Å². The molecule has 1 aromatic rings. The molecule has 14 heavy (non-hydrogen) atoms. The Morgan fingerprint density at radius 1 is 1.71 bits per heavy atom. The maximum atomic E-state index is 10.5. The summed E-state index contributed by atoms with van der Waals surface area (Å²) in [5, 5.41) is 0. The van der Waals surface area contributed by atoms with Crippen molar-refractivity contribution in [2.24, 2.45) is 5.73 Å². The Kier molecular flexibility index (Phi) is 3.67. The number of hydrogen-bond donors (Lipinski definition) is 1. The van der Waals surface area contributed by atoms with Crippen molar-refractivity contribution in [2.45, 2.75) is 6.42 Å². The molecule has 0 radical (unpaired) electrons. The maximum absolute atomic E-state index is 10.5. The van der Waals surface area contributed by atoms with E-state index in [-0.39, 0.29) is 12.3 Å². The number of amides is 1. The minimum Gasteiger partial charge on any atom is -0.481 e. The number of hydrogen-bond acceptors (Lipinski definition) is 3. The van der Waals surface area contributed by atoms with Crippen molar-refractivity contribution < 1.29 is 9.53 Å². The first kappa shape index (κ1) is 10.2. The number of nitrogens with zero attached hydrogens (tertiary/aromatic N) is 1. The highest BCUT2D eigenvalue weighted by atomic mass is 16.5. The van der Waals surface area contributed by atoms with E-state index in [9.17, 15) is 4.79 Å². The van der Waals surface area contributed by atoms with Gasteiger partial charge in [-0.1, -0.05) is 12.2 Å². The van der Waals surface area contributed by atoms with E-state index >= 15 is 0 Å². The molecule has 1 rings (SSSR count). The van der Waals surface area contributed by atoms with Crippen molar-refractivity contribution in [1.29, 1.82) is 0 Å². The summed E-state index contributed by atoms with van der Waals surface area (Å²) < 4.78 is 5.02. The van der Waals surface area contributed by atoms with Crippen molar-refractivity contribution in [3.8, 4) is 5.88 Å². The average molecular weight is 192 g/mol. The average Bonchev–Trinajstić information content (AvgIpc) is 2.18. The van der Waals surface area contributed by atoms with Gasteiger partial charge in [-0.05, 0) is 12.1 Å². The fourth-order valence-corrected chi connectivity index (χ4v) is 1.00. The van der Waals surface area contributed by atoms with E-state index in [2.05, 4.69) is 4.98 Å². The van der Waals surface area contributed by atoms with E-state index in [0.29, 0.717) is 5.88 Å². The molecule has 0 aliphatic rings. The van der Waals surface area contributed by atoms with Gasteiger partial charge in [0.1, 0.15) is 0 Å². The first-order valence-electron chi connectivity index (χ1n) is 4.18. The van der Waals surface area contributed by atoms with Crippen LogP contribution >= 0.6 is 0 Å². The Hall–Kier alpha value is -1.84. The lowest BCUT2D eigenvalue weighted by Gasteiger charge is -2.01. The third kappa shape index (κ3) is 2.90. The molecule has 0 aliphatic heterocycles. The molecule has 0 bridgehead atoms. The molecule has 0 saturated carbocycles. The lowest BCUT2D eigenvalue weighted by Crippen LogP contribution is -2.07. The molecule has 4 heteroatoms. The summed E-state index contributed by atoms with van der Waals surface area (Å²) in [5.41, 5.74) is 5.82. The Bertz CT molecular complexity index is 348. The van der Waals surface area contributed by atoms with Gasteiger partial charge in [-0.2, -0.15) is 0 Å². The van der Waals surface area contributed by atoms with Gasteiger partial charge in [0.2, 0.25) is 11.8 Å². The third-order valence-electron chi connectivity index (χ3n) is 1.61. The molecule has 2 N–H and O–H groups in total. The molecular weight excluding hydrogens is 180 g/mol. The van der Waals surface area contributed by atoms with Gasteiger partial charge < -0.3 is 10.5 Å². The van der Waals surface area contributed by atoms with E-state index in [4.69, 9.17) is 10.5 Å². The number of carbonyl (C=O) groups is 1. The number of methoxy groups -OCH3 is 1. The van der Waals surface area contributed by atoms with Gasteiger partial charge in [-0.3, -0.25) is 4.79 Å². The fraction of sp³-hybridized carbons (Fsp3) is 0.200. The van der Waals surface area contributed by atoms with Crippen LogP contribution in [0.5, 0.6) is 5.88 Å². The summed E-state index contributed by atoms with van der Waals surface area (Å²) in [4.78, 5) is 14.5. The van der Waals surface area contributed by atoms with E-state index in [0.717, 1.165) is 5.56 Å². The summed E-state index contributed by atoms with van der Waals surface area (Å²) in [6, 6.07) is 3.65. The third-order valence-corrected chi connectivity index (χ3v) is 1.61. The Balaban J connectivity index is 2.75. The summed E-state index contributed by atoms with van der Waals surface area (Å²) in [7, 11) is 1.55. The van der Waals surface area contributed by atoms with Crippen molar-refractivity contribution >= 4 is 12.0 Å². The first-order chi connectivity index (χ1) is 6.74. The zero-order valence-electron chi connectivity index (χ0n) is 7.93. The lowest BCUT2D eigenvalue weighted by molar-refractivity contribution is -0.117. The summed E-state index contributed by atoms with van der Waals surface area (Å²) >= 11 is 0. The highest BCUT2D eigenvalue weighted by molar-refractivity contribution is 5.76. The molecule has 0 unspecified atom stereocenters. The molecule has 0 spiro atoms. The molecule has 4 nitrogen and oxygen atoms in total. The highest BCUT2D eigenvalue weighted by Gasteiger charge is 1.98. The molecule has 0 aromatic carbocycles. The van der Waals surface area contributed by atoms with Gasteiger partial charge in [0.25, 0.3) is 0 Å². The molecule has 1 amide bonds. The van der Waals surface area contributed by atoms with Gasteiger partial charge in [0.15, 0.2) is 0 Å². The molecule has 0 aliphatic carbocycles. The predicted octanol–water partition coefficient (Wildman–Crippen LogP) is 0.979. The topological polar surface area (TPSA) is 65.2 Å². The second kappa shape index (κ2) is 5.01. The van der Waals surface area contributed by atoms with E-state index in [1.165, 1.54) is 0 Å². The number of nitrogens with two attached hydrogens (primary N) is 1. The van der Waals surface area contributed by atoms with Gasteiger partial charge in [-0.15, -0.1) is 0 Å². The minimum atomic E-state index is -0.357. The van der Waals surface area contributed by atoms with Crippen LogP contribution in [0.15, 0.2) is 24.4 Å². The maximum Gasteiger partial charge on any atom is 0.221 e. The van der Waals surface area contributed by atoms with Crippen molar-refractivity contribution in [2.75, 3.05) is 7.11 Å². The zero-order valence-corrected chi connectivity index (χ0v) is 7.93. The molecule has 1 aromatic heterocycles. The number of rotatable bonds is 4. The smallest absolute Gasteiger partial charge is 0.221 e. The number of aromatic nitrogens is 1. The van der Waals surface area contributed by atoms with Gasteiger partial charge >= 0.3 is 0 Å². The van der Waals surface area contributed by atoms with Gasteiger partial charge in [-0.25, -0.2) is 4.98 Å². The lowest BCUT2D eigenvalue weighted by atomic mass is 10.2. The largest absolute Gasteiger partial charge is 0.481 e. The molecule has 0 atom stereocenters. The predicted molar refractivity (Wildman–Crippen MR) is 53.6 cm³/mol. The molecular formula is C10H12N2O2. The zero-order chi connectivity index (χ0) is 10.4. The second-order valence-corrected chi connectivity index (χ2v) is 2.67. The number of pyridine rings is 1. The van der Waals surface area contributed by atoms with E-state index in [1.807, 2.05) is 6.07 Å². The summed E-state index contributed by atoms with van der Waals surface area (Å²) in [6.45, 7) is 0. The molecule has 1 heterocycles. The van der Waals surface area contributed by atoms with Gasteiger partial charge in [0, 0.05) is 18.2 Å². The van der Waals surface area contributed by atoms with Crippen molar-refractivity contribution in [1.82, 2.24) is 4.98 Å². The van der Waals surface area contributed by atoms with Crippen LogP contribution in [0.25, 0.3) is 6.08 Å². The van der Waals surface area contributed by atoms with Crippen LogP contribution in [-0.2, 0) is 4.79 Å². The Morgan fingerprint density at radius 3 is 3.14 bits per heavy atom. The monoisotopic (exact) mass is 192 g/mol. The van der Waals surface area contributed by atoms with Crippen molar-refractivity contribution in [3.63, 3.8) is 0 Å². The van der Waals surface area contributed by atoms with Crippen LogP contribution in [0.1, 0.15) is 12.0 Å². The van der Waals surface area contributed by atoms with Gasteiger partial charge in [0.05, 0.1) is 7.11 Å². The fourth-order valence-electron chi connectivity index (χ4n) is 1.00. The number of ether oxygens (including phenoxy) is 1. The van der Waals surface area contributed by atoms with Crippen LogP contribution in [0.4, 0.5) is 0 Å². The number of primary amides is 1. The quantitative estimate of drug-likeness (QED) is 0.773. The normalized spacial score (nSPS) is 10.4. The van der Waals surface area contributed by atoms with Crippen LogP contribution in [0.2, 0.25) is 0 Å². The standard InChI is InChI=1S/C10H12N2O2/c1-14-10-8(5-3-7-12-10)4-2-6-9(11)13/h2-5,7H,6H2,1H3,(H2,11,13). The first-order valence-corrected chi connectivity index (χ1v) is 4.18. The number of carbonyl (C=O) groups excluding carboxylic acids is 1. The molecule has 74 valence electrons. The Labute approximate surface area is 82.4 Å². The summed E-state index contributed by atoms with van der Waals surface area (Å²) in [5.74, 6) is 0.178. The SMILES string of the molecule is COc1ncccc1C=CCC(N)=O. The minimum absolute atomic E-state index is 0.220. The van der Waals surface area contributed by atoms with Crippen molar-refractivity contribution in [3.05, 3.63) is 30.0 Å². The molecule has 0 fully saturated rings. The van der Waals surface area contributed by atoms with Crippen LogP contribution in [0, 0.1) is 0 Å². The molecule has 0 saturated heterocycles.